The first-order chi connectivity index (χ1) is 8.16. The molecule has 0 amide bonds. The summed E-state index contributed by atoms with van der Waals surface area (Å²) >= 11 is 5.69. The van der Waals surface area contributed by atoms with E-state index in [0.717, 1.165) is 0 Å². The lowest BCUT2D eigenvalue weighted by molar-refractivity contribution is 0.0697. The zero-order valence-corrected chi connectivity index (χ0v) is 9.18. The van der Waals surface area contributed by atoms with Crippen molar-refractivity contribution >= 4 is 23.4 Å². The number of carboxylic acids is 1. The summed E-state index contributed by atoms with van der Waals surface area (Å²) in [6, 6.07) is 2.78. The minimum atomic E-state index is -1.09. The molecule has 17 heavy (non-hydrogen) atoms. The lowest BCUT2D eigenvalue weighted by atomic mass is 10.2. The highest BCUT2D eigenvalue weighted by Gasteiger charge is 2.12. The van der Waals surface area contributed by atoms with Crippen molar-refractivity contribution in [3.8, 4) is 0 Å². The van der Waals surface area contributed by atoms with Crippen molar-refractivity contribution < 1.29 is 14.4 Å². The summed E-state index contributed by atoms with van der Waals surface area (Å²) < 4.78 is 4.54. The highest BCUT2D eigenvalue weighted by molar-refractivity contribution is 6.29. The number of nitrogens with one attached hydrogen (secondary N) is 1. The predicted molar refractivity (Wildman–Crippen MR) is 57.8 cm³/mol. The first-order valence-electron chi connectivity index (χ1n) is 4.56. The predicted octanol–water partition coefficient (Wildman–Crippen LogP) is 1.43. The maximum Gasteiger partial charge on any atom is 0.339 e. The second-order valence-corrected chi connectivity index (χ2v) is 3.42. The molecule has 0 aliphatic heterocycles. The Kier molecular flexibility index (Phi) is 3.20. The molecule has 0 saturated carbocycles. The van der Waals surface area contributed by atoms with Gasteiger partial charge in [-0.1, -0.05) is 16.8 Å². The van der Waals surface area contributed by atoms with E-state index in [4.69, 9.17) is 16.7 Å². The average Bonchev–Trinajstić information content (AvgIpc) is 2.78. The van der Waals surface area contributed by atoms with E-state index >= 15 is 0 Å². The van der Waals surface area contributed by atoms with Gasteiger partial charge in [0.1, 0.15) is 16.5 Å². The van der Waals surface area contributed by atoms with Crippen LogP contribution in [0.3, 0.4) is 0 Å². The van der Waals surface area contributed by atoms with Crippen molar-refractivity contribution in [3.05, 3.63) is 35.1 Å². The fourth-order valence-electron chi connectivity index (χ4n) is 1.18. The topological polar surface area (TPSA) is 101 Å². The van der Waals surface area contributed by atoms with Crippen LogP contribution in [0.1, 0.15) is 16.2 Å². The van der Waals surface area contributed by atoms with Crippen LogP contribution in [0, 0.1) is 0 Å². The summed E-state index contributed by atoms with van der Waals surface area (Å²) in [6.45, 7) is 0.199. The fraction of sp³-hybridized carbons (Fsp3) is 0.111. The molecule has 0 atom stereocenters. The molecule has 0 radical (unpaired) electrons. The minimum Gasteiger partial charge on any atom is -0.478 e. The van der Waals surface area contributed by atoms with Crippen molar-refractivity contribution in [1.29, 1.82) is 0 Å². The van der Waals surface area contributed by atoms with Crippen molar-refractivity contribution in [2.75, 3.05) is 5.32 Å². The van der Waals surface area contributed by atoms with Crippen LogP contribution in [0.2, 0.25) is 5.15 Å². The number of anilines is 1. The highest BCUT2D eigenvalue weighted by Crippen LogP contribution is 2.16. The van der Waals surface area contributed by atoms with Gasteiger partial charge in [0, 0.05) is 0 Å². The van der Waals surface area contributed by atoms with Crippen LogP contribution < -0.4 is 5.32 Å². The van der Waals surface area contributed by atoms with Crippen molar-refractivity contribution in [2.24, 2.45) is 0 Å². The molecular weight excluding hydrogens is 248 g/mol. The summed E-state index contributed by atoms with van der Waals surface area (Å²) in [5, 5.41) is 15.5. The molecule has 0 aromatic carbocycles. The Morgan fingerprint density at radius 2 is 2.35 bits per heavy atom. The first kappa shape index (κ1) is 11.3. The van der Waals surface area contributed by atoms with Crippen LogP contribution in [0.4, 0.5) is 5.82 Å². The molecule has 0 aliphatic carbocycles. The van der Waals surface area contributed by atoms with Gasteiger partial charge in [-0.15, -0.1) is 0 Å². The third-order valence-corrected chi connectivity index (χ3v) is 2.12. The molecule has 88 valence electrons. The van der Waals surface area contributed by atoms with Crippen molar-refractivity contribution in [3.63, 3.8) is 0 Å². The Bertz CT molecular complexity index is 529. The molecule has 2 aromatic heterocycles. The van der Waals surface area contributed by atoms with Crippen LogP contribution in [-0.4, -0.2) is 26.2 Å². The number of halogens is 1. The molecule has 0 unspecified atom stereocenters. The Morgan fingerprint density at radius 3 is 3.00 bits per heavy atom. The van der Waals surface area contributed by atoms with Gasteiger partial charge >= 0.3 is 5.97 Å². The van der Waals surface area contributed by atoms with E-state index in [0.29, 0.717) is 5.82 Å². The maximum absolute atomic E-state index is 10.9. The molecule has 0 spiro atoms. The number of carboxylic acid groups (broad SMARTS) is 1. The zero-order valence-electron chi connectivity index (χ0n) is 8.42. The number of aromatic nitrogens is 3. The van der Waals surface area contributed by atoms with Crippen LogP contribution in [-0.2, 0) is 6.54 Å². The summed E-state index contributed by atoms with van der Waals surface area (Å²) in [5.41, 5.74) is 0.0258. The van der Waals surface area contributed by atoms with Crippen LogP contribution in [0.5, 0.6) is 0 Å². The minimum absolute atomic E-state index is 0.0258. The van der Waals surface area contributed by atoms with E-state index in [1.807, 2.05) is 0 Å². The quantitative estimate of drug-likeness (QED) is 0.796. The number of nitrogens with zero attached hydrogens (tertiary/aromatic N) is 3. The Morgan fingerprint density at radius 1 is 1.53 bits per heavy atom. The lowest BCUT2D eigenvalue weighted by Gasteiger charge is -2.06. The molecule has 2 aromatic rings. The Hall–Kier alpha value is -2.15. The van der Waals surface area contributed by atoms with Crippen LogP contribution in [0.25, 0.3) is 0 Å². The zero-order chi connectivity index (χ0) is 12.3. The Labute approximate surface area is 100 Å². The normalized spacial score (nSPS) is 10.2. The van der Waals surface area contributed by atoms with Crippen molar-refractivity contribution in [1.82, 2.24) is 15.1 Å². The first-order valence-corrected chi connectivity index (χ1v) is 4.93. The number of pyridine rings is 1. The lowest BCUT2D eigenvalue weighted by Crippen LogP contribution is -2.09. The molecule has 2 N–H and O–H groups in total. The van der Waals surface area contributed by atoms with Gasteiger partial charge in [-0.05, 0) is 12.1 Å². The third-order valence-electron chi connectivity index (χ3n) is 1.91. The summed E-state index contributed by atoms with van der Waals surface area (Å²) in [5.74, 6) is -0.539. The summed E-state index contributed by atoms with van der Waals surface area (Å²) in [4.78, 5) is 18.6. The van der Waals surface area contributed by atoms with Crippen molar-refractivity contribution in [2.45, 2.75) is 6.54 Å². The van der Waals surface area contributed by atoms with E-state index in [1.54, 1.807) is 0 Å². The van der Waals surface area contributed by atoms with E-state index < -0.39 is 5.97 Å². The molecule has 2 heterocycles. The van der Waals surface area contributed by atoms with Crippen LogP contribution in [0.15, 0.2) is 23.0 Å². The van der Waals surface area contributed by atoms with Gasteiger partial charge in [-0.3, -0.25) is 0 Å². The number of rotatable bonds is 4. The molecule has 0 fully saturated rings. The van der Waals surface area contributed by atoms with E-state index in [-0.39, 0.29) is 23.1 Å². The Balaban J connectivity index is 2.19. The summed E-state index contributed by atoms with van der Waals surface area (Å²) in [6.07, 6.45) is 1.18. The molecule has 0 aliphatic rings. The molecule has 0 bridgehead atoms. The SMILES string of the molecule is O=C(O)c1ccc(Cl)nc1NCc1ncon1. The fourth-order valence-corrected chi connectivity index (χ4v) is 1.32. The number of hydrogen-bond acceptors (Lipinski definition) is 6. The van der Waals surface area contributed by atoms with E-state index in [1.165, 1.54) is 18.5 Å². The number of aromatic carboxylic acids is 1. The van der Waals surface area contributed by atoms with E-state index in [9.17, 15) is 4.79 Å². The number of carbonyl (C=O) groups is 1. The van der Waals surface area contributed by atoms with Gasteiger partial charge in [0.15, 0.2) is 5.82 Å². The second kappa shape index (κ2) is 4.79. The number of hydrogen-bond donors (Lipinski definition) is 2. The van der Waals surface area contributed by atoms with Gasteiger partial charge in [0.2, 0.25) is 6.39 Å². The van der Waals surface area contributed by atoms with Gasteiger partial charge in [0.25, 0.3) is 0 Å². The van der Waals surface area contributed by atoms with Crippen LogP contribution >= 0.6 is 11.6 Å². The molecule has 7 nitrogen and oxygen atoms in total. The third kappa shape index (κ3) is 2.70. The summed E-state index contributed by atoms with van der Waals surface area (Å²) in [7, 11) is 0. The molecular formula is C9H7ClN4O3. The second-order valence-electron chi connectivity index (χ2n) is 3.04. The van der Waals surface area contributed by atoms with Gasteiger partial charge < -0.3 is 14.9 Å². The molecule has 8 heteroatoms. The standard InChI is InChI=1S/C9H7ClN4O3/c10-6-2-1-5(9(15)16)8(13-6)11-3-7-12-4-17-14-7/h1-2,4H,3H2,(H,11,13)(H,15,16). The molecule has 0 saturated heterocycles. The van der Waals surface area contributed by atoms with E-state index in [2.05, 4.69) is 25.0 Å². The largest absolute Gasteiger partial charge is 0.478 e. The average molecular weight is 255 g/mol. The maximum atomic E-state index is 10.9. The van der Waals surface area contributed by atoms with Gasteiger partial charge in [-0.2, -0.15) is 4.98 Å². The monoisotopic (exact) mass is 254 g/mol. The highest BCUT2D eigenvalue weighted by atomic mass is 35.5. The van der Waals surface area contributed by atoms with Gasteiger partial charge in [-0.25, -0.2) is 9.78 Å². The smallest absolute Gasteiger partial charge is 0.339 e. The molecule has 2 rings (SSSR count). The van der Waals surface area contributed by atoms with Gasteiger partial charge in [0.05, 0.1) is 6.54 Å².